The summed E-state index contributed by atoms with van der Waals surface area (Å²) in [6.07, 6.45) is 4.62. The Bertz CT molecular complexity index is 440. The average molecular weight is 276 g/mol. The number of hydrogen-bond acceptors (Lipinski definition) is 3. The number of carbonyl (C=O) groups excluding carboxylic acids is 1. The first-order chi connectivity index (χ1) is 9.69. The summed E-state index contributed by atoms with van der Waals surface area (Å²) in [5.74, 6) is 1.61. The number of ether oxygens (including phenoxy) is 1. The standard InChI is InChI=1S/C16H24N2O2/c1-12-7-9-13(10-8-12)18-16(19)11-17-14-5-3-4-6-15(14)20-2/h3-6,12-13,17H,7-11H2,1-2H3,(H,18,19). The molecule has 0 heterocycles. The normalized spacial score (nSPS) is 22.1. The zero-order valence-electron chi connectivity index (χ0n) is 12.3. The Hall–Kier alpha value is -1.71. The molecule has 1 saturated carbocycles. The van der Waals surface area contributed by atoms with Crippen LogP contribution in [0.4, 0.5) is 5.69 Å². The number of benzene rings is 1. The van der Waals surface area contributed by atoms with Crippen LogP contribution >= 0.6 is 0 Å². The van der Waals surface area contributed by atoms with Gasteiger partial charge in [0.25, 0.3) is 0 Å². The van der Waals surface area contributed by atoms with Crippen LogP contribution in [0.2, 0.25) is 0 Å². The highest BCUT2D eigenvalue weighted by molar-refractivity contribution is 5.81. The molecule has 4 heteroatoms. The molecule has 2 N–H and O–H groups in total. The summed E-state index contributed by atoms with van der Waals surface area (Å²) in [5.41, 5.74) is 0.849. The van der Waals surface area contributed by atoms with E-state index in [4.69, 9.17) is 4.74 Å². The fraction of sp³-hybridized carbons (Fsp3) is 0.562. The number of methoxy groups -OCH3 is 1. The first-order valence-electron chi connectivity index (χ1n) is 7.35. The molecule has 4 nitrogen and oxygen atoms in total. The van der Waals surface area contributed by atoms with E-state index >= 15 is 0 Å². The van der Waals surface area contributed by atoms with Crippen LogP contribution in [0, 0.1) is 5.92 Å². The van der Waals surface area contributed by atoms with E-state index in [1.165, 1.54) is 12.8 Å². The van der Waals surface area contributed by atoms with Crippen molar-refractivity contribution in [1.29, 1.82) is 0 Å². The Morgan fingerprint density at radius 1 is 1.25 bits per heavy atom. The van der Waals surface area contributed by atoms with Crippen molar-refractivity contribution in [3.8, 4) is 5.75 Å². The summed E-state index contributed by atoms with van der Waals surface area (Å²) >= 11 is 0. The largest absolute Gasteiger partial charge is 0.495 e. The molecule has 110 valence electrons. The van der Waals surface area contributed by atoms with Gasteiger partial charge < -0.3 is 15.4 Å². The first-order valence-corrected chi connectivity index (χ1v) is 7.35. The fourth-order valence-corrected chi connectivity index (χ4v) is 2.65. The zero-order chi connectivity index (χ0) is 14.4. The van der Waals surface area contributed by atoms with E-state index in [9.17, 15) is 4.79 Å². The van der Waals surface area contributed by atoms with E-state index in [0.29, 0.717) is 6.04 Å². The lowest BCUT2D eigenvalue weighted by Gasteiger charge is -2.27. The minimum atomic E-state index is 0.0514. The molecule has 2 rings (SSSR count). The summed E-state index contributed by atoms with van der Waals surface area (Å²) in [6.45, 7) is 2.56. The molecule has 20 heavy (non-hydrogen) atoms. The van der Waals surface area contributed by atoms with Crippen LogP contribution in [0.3, 0.4) is 0 Å². The molecule has 1 aliphatic rings. The van der Waals surface area contributed by atoms with Gasteiger partial charge in [0.05, 0.1) is 19.3 Å². The second-order valence-electron chi connectivity index (χ2n) is 5.58. The Morgan fingerprint density at radius 2 is 1.95 bits per heavy atom. The second-order valence-corrected chi connectivity index (χ2v) is 5.58. The van der Waals surface area contributed by atoms with Crippen LogP contribution < -0.4 is 15.4 Å². The monoisotopic (exact) mass is 276 g/mol. The molecule has 0 bridgehead atoms. The lowest BCUT2D eigenvalue weighted by molar-refractivity contribution is -0.120. The van der Waals surface area contributed by atoms with E-state index in [0.717, 1.165) is 30.2 Å². The molecule has 0 unspecified atom stereocenters. The number of carbonyl (C=O) groups is 1. The van der Waals surface area contributed by atoms with Gasteiger partial charge in [0.1, 0.15) is 5.75 Å². The van der Waals surface area contributed by atoms with E-state index in [2.05, 4.69) is 17.6 Å². The van der Waals surface area contributed by atoms with Crippen molar-refractivity contribution in [3.05, 3.63) is 24.3 Å². The van der Waals surface area contributed by atoms with Crippen molar-refractivity contribution in [2.75, 3.05) is 19.0 Å². The van der Waals surface area contributed by atoms with Crippen LogP contribution in [-0.4, -0.2) is 25.6 Å². The summed E-state index contributed by atoms with van der Waals surface area (Å²) in [6, 6.07) is 7.97. The number of nitrogens with one attached hydrogen (secondary N) is 2. The molecule has 1 aromatic carbocycles. The number of anilines is 1. The van der Waals surface area contributed by atoms with Gasteiger partial charge in [-0.3, -0.25) is 4.79 Å². The van der Waals surface area contributed by atoms with Gasteiger partial charge in [-0.15, -0.1) is 0 Å². The molecular weight excluding hydrogens is 252 g/mol. The average Bonchev–Trinajstić information content (AvgIpc) is 2.48. The van der Waals surface area contributed by atoms with Gasteiger partial charge in [0.2, 0.25) is 5.91 Å². The smallest absolute Gasteiger partial charge is 0.239 e. The van der Waals surface area contributed by atoms with Crippen molar-refractivity contribution in [1.82, 2.24) is 5.32 Å². The maximum atomic E-state index is 12.0. The summed E-state index contributed by atoms with van der Waals surface area (Å²) in [5, 5.41) is 6.23. The van der Waals surface area contributed by atoms with E-state index in [1.807, 2.05) is 24.3 Å². The van der Waals surface area contributed by atoms with Crippen LogP contribution in [0.5, 0.6) is 5.75 Å². The predicted octanol–water partition coefficient (Wildman–Crippen LogP) is 2.80. The van der Waals surface area contributed by atoms with Crippen LogP contribution in [0.1, 0.15) is 32.6 Å². The molecule has 0 atom stereocenters. The minimum absolute atomic E-state index is 0.0514. The van der Waals surface area contributed by atoms with Gasteiger partial charge in [0.15, 0.2) is 0 Å². The van der Waals surface area contributed by atoms with Crippen LogP contribution in [0.15, 0.2) is 24.3 Å². The predicted molar refractivity (Wildman–Crippen MR) is 81.0 cm³/mol. The highest BCUT2D eigenvalue weighted by Crippen LogP contribution is 2.24. The van der Waals surface area contributed by atoms with Gasteiger partial charge in [-0.05, 0) is 43.7 Å². The summed E-state index contributed by atoms with van der Waals surface area (Å²) in [4.78, 5) is 12.0. The first kappa shape index (κ1) is 14.7. The van der Waals surface area contributed by atoms with Crippen molar-refractivity contribution >= 4 is 11.6 Å². The molecular formula is C16H24N2O2. The summed E-state index contributed by atoms with van der Waals surface area (Å²) < 4.78 is 5.25. The molecule has 0 radical (unpaired) electrons. The van der Waals surface area contributed by atoms with Gasteiger partial charge in [-0.1, -0.05) is 19.1 Å². The number of amides is 1. The number of hydrogen-bond donors (Lipinski definition) is 2. The maximum Gasteiger partial charge on any atom is 0.239 e. The lowest BCUT2D eigenvalue weighted by Crippen LogP contribution is -2.40. The quantitative estimate of drug-likeness (QED) is 0.869. The Labute approximate surface area is 120 Å². The van der Waals surface area contributed by atoms with Gasteiger partial charge in [0, 0.05) is 6.04 Å². The second kappa shape index (κ2) is 7.17. The van der Waals surface area contributed by atoms with Gasteiger partial charge in [-0.2, -0.15) is 0 Å². The van der Waals surface area contributed by atoms with Crippen LogP contribution in [-0.2, 0) is 4.79 Å². The molecule has 1 amide bonds. The fourth-order valence-electron chi connectivity index (χ4n) is 2.65. The zero-order valence-corrected chi connectivity index (χ0v) is 12.3. The third-order valence-electron chi connectivity index (χ3n) is 3.93. The maximum absolute atomic E-state index is 12.0. The third-order valence-corrected chi connectivity index (χ3v) is 3.93. The van der Waals surface area contributed by atoms with E-state index in [1.54, 1.807) is 7.11 Å². The summed E-state index contributed by atoms with van der Waals surface area (Å²) in [7, 11) is 1.63. The van der Waals surface area contributed by atoms with Crippen LogP contribution in [0.25, 0.3) is 0 Å². The van der Waals surface area contributed by atoms with Crippen molar-refractivity contribution in [2.24, 2.45) is 5.92 Å². The molecule has 0 aliphatic heterocycles. The number of rotatable bonds is 5. The van der Waals surface area contributed by atoms with E-state index < -0.39 is 0 Å². The van der Waals surface area contributed by atoms with Crippen molar-refractivity contribution < 1.29 is 9.53 Å². The molecule has 1 aliphatic carbocycles. The number of para-hydroxylation sites is 2. The van der Waals surface area contributed by atoms with E-state index in [-0.39, 0.29) is 12.5 Å². The lowest BCUT2D eigenvalue weighted by atomic mass is 9.87. The van der Waals surface area contributed by atoms with Crippen molar-refractivity contribution in [3.63, 3.8) is 0 Å². The third kappa shape index (κ3) is 4.15. The molecule has 1 fully saturated rings. The molecule has 0 spiro atoms. The Morgan fingerprint density at radius 3 is 2.65 bits per heavy atom. The Kier molecular flexibility index (Phi) is 5.27. The SMILES string of the molecule is COc1ccccc1NCC(=O)NC1CCC(C)CC1. The van der Waals surface area contributed by atoms with Gasteiger partial charge in [-0.25, -0.2) is 0 Å². The van der Waals surface area contributed by atoms with Gasteiger partial charge >= 0.3 is 0 Å². The topological polar surface area (TPSA) is 50.4 Å². The molecule has 0 aromatic heterocycles. The minimum Gasteiger partial charge on any atom is -0.495 e. The highest BCUT2D eigenvalue weighted by atomic mass is 16.5. The molecule has 1 aromatic rings. The van der Waals surface area contributed by atoms with Crippen molar-refractivity contribution in [2.45, 2.75) is 38.6 Å². The molecule has 0 saturated heterocycles. The Balaban J connectivity index is 1.77. The highest BCUT2D eigenvalue weighted by Gasteiger charge is 2.19.